The van der Waals surface area contributed by atoms with Crippen LogP contribution in [0.25, 0.3) is 12.2 Å². The number of para-hydroxylation sites is 1. The van der Waals surface area contributed by atoms with E-state index in [2.05, 4.69) is 0 Å². The second-order valence-electron chi connectivity index (χ2n) is 15.2. The molecule has 58 heavy (non-hydrogen) atoms. The first-order valence-corrected chi connectivity index (χ1v) is 19.6. The molecule has 4 amide bonds. The van der Waals surface area contributed by atoms with Gasteiger partial charge in [-0.3, -0.25) is 24.1 Å². The minimum absolute atomic E-state index is 0.0267. The van der Waals surface area contributed by atoms with E-state index in [1.807, 2.05) is 78.9 Å². The third-order valence-electron chi connectivity index (χ3n) is 12.5. The standard InChI is InChI=1S/C48H39ClN2O7/c1-57-34-21-24-41(58-2)29(25-34)18-15-28-16-19-32(20-17-28)50-44(53)37-23-22-35-38(42(37)46(50)55)27-39-45(54)51(33-12-8-11-31(49)26-33)47(56)48(39,30-9-4-3-5-10-30)43(35)36-13-6-7-14-40(36)52/h3-22,24-26,37-39,42-43,52H,23,27H2,1-2H3/t37-,38+,39-,42-,43+,48+/m0/s1. The molecule has 4 aliphatic rings. The summed E-state index contributed by atoms with van der Waals surface area (Å²) >= 11 is 6.42. The molecule has 0 aromatic heterocycles. The van der Waals surface area contributed by atoms with Gasteiger partial charge in [0.05, 0.1) is 48.8 Å². The average molecular weight is 791 g/mol. The van der Waals surface area contributed by atoms with Crippen LogP contribution in [0.5, 0.6) is 17.2 Å². The van der Waals surface area contributed by atoms with Gasteiger partial charge in [0, 0.05) is 22.1 Å². The Kier molecular flexibility index (Phi) is 9.28. The normalized spacial score (nSPS) is 25.1. The summed E-state index contributed by atoms with van der Waals surface area (Å²) < 4.78 is 10.9. The molecule has 2 heterocycles. The fourth-order valence-corrected chi connectivity index (χ4v) is 10.1. The molecule has 9 rings (SSSR count). The molecule has 290 valence electrons. The number of carbonyl (C=O) groups is 4. The Balaban J connectivity index is 1.11. The molecular weight excluding hydrogens is 752 g/mol. The van der Waals surface area contributed by atoms with Gasteiger partial charge in [-0.15, -0.1) is 0 Å². The van der Waals surface area contributed by atoms with Gasteiger partial charge in [-0.2, -0.15) is 0 Å². The fraction of sp³-hybridized carbons (Fsp3) is 0.208. The summed E-state index contributed by atoms with van der Waals surface area (Å²) in [6, 6.07) is 35.5. The third-order valence-corrected chi connectivity index (χ3v) is 12.7. The summed E-state index contributed by atoms with van der Waals surface area (Å²) in [6.07, 6.45) is 6.22. The Morgan fingerprint density at radius 1 is 0.724 bits per heavy atom. The zero-order valence-electron chi connectivity index (χ0n) is 31.7. The van der Waals surface area contributed by atoms with E-state index in [4.69, 9.17) is 21.1 Å². The molecule has 9 nitrogen and oxygen atoms in total. The second kappa shape index (κ2) is 14.5. The van der Waals surface area contributed by atoms with Crippen LogP contribution in [0.15, 0.2) is 133 Å². The summed E-state index contributed by atoms with van der Waals surface area (Å²) in [4.78, 5) is 61.9. The van der Waals surface area contributed by atoms with Crippen molar-refractivity contribution in [2.75, 3.05) is 24.0 Å². The number of fused-ring (bicyclic) bond motifs is 4. The van der Waals surface area contributed by atoms with Gasteiger partial charge in [-0.25, -0.2) is 4.90 Å². The van der Waals surface area contributed by atoms with Crippen molar-refractivity contribution in [1.82, 2.24) is 0 Å². The number of ether oxygens (including phenoxy) is 2. The smallest absolute Gasteiger partial charge is 0.246 e. The highest BCUT2D eigenvalue weighted by Crippen LogP contribution is 2.65. The van der Waals surface area contributed by atoms with Crippen LogP contribution in [0.3, 0.4) is 0 Å². The summed E-state index contributed by atoms with van der Waals surface area (Å²) in [5.41, 5.74) is 2.87. The summed E-state index contributed by atoms with van der Waals surface area (Å²) in [7, 11) is 3.21. The molecule has 2 saturated heterocycles. The van der Waals surface area contributed by atoms with Crippen LogP contribution < -0.4 is 19.3 Å². The zero-order valence-corrected chi connectivity index (χ0v) is 32.5. The van der Waals surface area contributed by atoms with Crippen LogP contribution in [0, 0.1) is 23.7 Å². The molecule has 0 unspecified atom stereocenters. The number of nitrogens with zero attached hydrogens (tertiary/aromatic N) is 2. The zero-order chi connectivity index (χ0) is 40.3. The van der Waals surface area contributed by atoms with Gasteiger partial charge in [0.25, 0.3) is 0 Å². The number of hydrogen-bond donors (Lipinski definition) is 1. The molecule has 6 atom stereocenters. The number of benzene rings is 5. The van der Waals surface area contributed by atoms with E-state index >= 15 is 4.79 Å². The molecule has 5 aromatic rings. The van der Waals surface area contributed by atoms with Gasteiger partial charge >= 0.3 is 0 Å². The van der Waals surface area contributed by atoms with Crippen molar-refractivity contribution in [3.05, 3.63) is 160 Å². The number of methoxy groups -OCH3 is 2. The molecule has 5 aromatic carbocycles. The van der Waals surface area contributed by atoms with Crippen LogP contribution in [-0.4, -0.2) is 43.0 Å². The molecular formula is C48H39ClN2O7. The van der Waals surface area contributed by atoms with Gasteiger partial charge in [0.1, 0.15) is 17.2 Å². The number of imide groups is 2. The monoisotopic (exact) mass is 790 g/mol. The van der Waals surface area contributed by atoms with Crippen molar-refractivity contribution in [3.8, 4) is 17.2 Å². The first-order chi connectivity index (χ1) is 28.2. The van der Waals surface area contributed by atoms with Crippen LogP contribution in [-0.2, 0) is 24.6 Å². The minimum atomic E-state index is -1.47. The van der Waals surface area contributed by atoms with E-state index in [0.29, 0.717) is 39.0 Å². The number of halogens is 1. The van der Waals surface area contributed by atoms with Crippen molar-refractivity contribution in [1.29, 1.82) is 0 Å². The molecule has 0 spiro atoms. The van der Waals surface area contributed by atoms with Crippen LogP contribution >= 0.6 is 11.6 Å². The number of phenols is 1. The van der Waals surface area contributed by atoms with Gasteiger partial charge < -0.3 is 14.6 Å². The first kappa shape index (κ1) is 37.1. The molecule has 10 heteroatoms. The van der Waals surface area contributed by atoms with Crippen LogP contribution in [0.4, 0.5) is 11.4 Å². The highest BCUT2D eigenvalue weighted by Gasteiger charge is 2.70. The Bertz CT molecular complexity index is 2550. The van der Waals surface area contributed by atoms with Crippen molar-refractivity contribution in [2.45, 2.75) is 24.2 Å². The number of amides is 4. The summed E-state index contributed by atoms with van der Waals surface area (Å²) in [6.45, 7) is 0. The predicted molar refractivity (Wildman–Crippen MR) is 222 cm³/mol. The highest BCUT2D eigenvalue weighted by molar-refractivity contribution is 6.32. The number of hydrogen-bond acceptors (Lipinski definition) is 7. The van der Waals surface area contributed by atoms with E-state index < -0.39 is 46.8 Å². The third kappa shape index (κ3) is 5.67. The molecule has 1 saturated carbocycles. The molecule has 2 aliphatic heterocycles. The Labute approximate surface area is 340 Å². The van der Waals surface area contributed by atoms with Gasteiger partial charge in [0.15, 0.2) is 0 Å². The van der Waals surface area contributed by atoms with Crippen molar-refractivity contribution >= 4 is 58.8 Å². The first-order valence-electron chi connectivity index (χ1n) is 19.2. The molecule has 1 N–H and O–H groups in total. The maximum atomic E-state index is 15.4. The summed E-state index contributed by atoms with van der Waals surface area (Å²) in [5.74, 6) is -3.91. The fourth-order valence-electron chi connectivity index (χ4n) is 9.96. The van der Waals surface area contributed by atoms with Gasteiger partial charge in [-0.1, -0.05) is 102 Å². The lowest BCUT2D eigenvalue weighted by atomic mass is 9.49. The van der Waals surface area contributed by atoms with E-state index in [1.54, 1.807) is 74.9 Å². The van der Waals surface area contributed by atoms with E-state index in [0.717, 1.165) is 16.7 Å². The molecule has 0 radical (unpaired) electrons. The van der Waals surface area contributed by atoms with Gasteiger partial charge in [-0.05, 0) is 84.5 Å². The second-order valence-corrected chi connectivity index (χ2v) is 15.6. The lowest BCUT2D eigenvalue weighted by Crippen LogP contribution is -2.53. The van der Waals surface area contributed by atoms with E-state index in [-0.39, 0.29) is 30.4 Å². The van der Waals surface area contributed by atoms with Gasteiger partial charge in [0.2, 0.25) is 23.6 Å². The Morgan fingerprint density at radius 2 is 1.48 bits per heavy atom. The minimum Gasteiger partial charge on any atom is -0.508 e. The van der Waals surface area contributed by atoms with E-state index in [9.17, 15) is 19.5 Å². The van der Waals surface area contributed by atoms with Crippen molar-refractivity contribution < 1.29 is 33.8 Å². The van der Waals surface area contributed by atoms with Crippen molar-refractivity contribution in [3.63, 3.8) is 0 Å². The quantitative estimate of drug-likeness (QED) is 0.0952. The number of phenolic OH excluding ortho intramolecular Hbond substituents is 1. The number of allylic oxidation sites excluding steroid dienone is 2. The van der Waals surface area contributed by atoms with Crippen molar-refractivity contribution in [2.24, 2.45) is 23.7 Å². The molecule has 3 fully saturated rings. The summed E-state index contributed by atoms with van der Waals surface area (Å²) in [5, 5.41) is 11.9. The largest absolute Gasteiger partial charge is 0.508 e. The number of carbonyl (C=O) groups excluding carboxylic acids is 4. The predicted octanol–water partition coefficient (Wildman–Crippen LogP) is 8.60. The van der Waals surface area contributed by atoms with E-state index in [1.165, 1.54) is 9.80 Å². The lowest BCUT2D eigenvalue weighted by Gasteiger charge is -2.50. The maximum Gasteiger partial charge on any atom is 0.246 e. The Morgan fingerprint density at radius 3 is 2.21 bits per heavy atom. The number of rotatable bonds is 8. The SMILES string of the molecule is COc1ccc(OC)c(C=Cc2ccc(N3C(=O)[C@H]4[C@H](CC=C5[C@H]4C[C@H]4C(=O)N(c6cccc(Cl)c6)C(=O)[C@@]4(c4ccccc4)[C@H]5c4ccccc4O)C3=O)cc2)c1. The van der Waals surface area contributed by atoms with Crippen LogP contribution in [0.1, 0.15) is 41.0 Å². The number of anilines is 2. The highest BCUT2D eigenvalue weighted by atomic mass is 35.5. The Hall–Kier alpha value is -6.45. The number of aromatic hydroxyl groups is 1. The molecule has 0 bridgehead atoms. The van der Waals surface area contributed by atoms with Crippen LogP contribution in [0.2, 0.25) is 5.02 Å². The lowest BCUT2D eigenvalue weighted by molar-refractivity contribution is -0.127. The average Bonchev–Trinajstić information content (AvgIpc) is 3.64. The molecule has 2 aliphatic carbocycles. The maximum absolute atomic E-state index is 15.4. The topological polar surface area (TPSA) is 113 Å².